The molecule has 0 aromatic carbocycles. The van der Waals surface area contributed by atoms with Crippen LogP contribution in [0.4, 0.5) is 0 Å². The average molecular weight is 312 g/mol. The van der Waals surface area contributed by atoms with E-state index in [1.165, 1.54) is 4.31 Å². The maximum absolute atomic E-state index is 12.0. The molecule has 19 heavy (non-hydrogen) atoms. The SMILES string of the molecule is CCOC(=O)C1CCN(S(=O)(=O)CCCCCl)CC1. The highest BCUT2D eigenvalue weighted by atomic mass is 35.5. The minimum atomic E-state index is -3.19. The lowest BCUT2D eigenvalue weighted by molar-refractivity contribution is -0.149. The van der Waals surface area contributed by atoms with Crippen molar-refractivity contribution in [3.8, 4) is 0 Å². The molecule has 112 valence electrons. The van der Waals surface area contributed by atoms with Gasteiger partial charge in [-0.3, -0.25) is 4.79 Å². The number of esters is 1. The van der Waals surface area contributed by atoms with Crippen molar-refractivity contribution in [2.75, 3.05) is 31.3 Å². The van der Waals surface area contributed by atoms with E-state index in [2.05, 4.69) is 0 Å². The smallest absolute Gasteiger partial charge is 0.309 e. The number of hydrogen-bond donors (Lipinski definition) is 0. The molecule has 0 saturated carbocycles. The predicted octanol–water partition coefficient (Wildman–Crippen LogP) is 1.61. The molecule has 0 atom stereocenters. The number of nitrogens with zero attached hydrogens (tertiary/aromatic N) is 1. The van der Waals surface area contributed by atoms with Gasteiger partial charge in [0.2, 0.25) is 10.0 Å². The topological polar surface area (TPSA) is 63.7 Å². The first-order valence-electron chi connectivity index (χ1n) is 6.71. The zero-order valence-corrected chi connectivity index (χ0v) is 12.9. The number of ether oxygens (including phenoxy) is 1. The molecule has 1 aliphatic heterocycles. The number of alkyl halides is 1. The lowest BCUT2D eigenvalue weighted by atomic mass is 9.98. The number of piperidine rings is 1. The molecular formula is C12H22ClNO4S. The molecule has 0 bridgehead atoms. The number of unbranched alkanes of at least 4 members (excludes halogenated alkanes) is 1. The van der Waals surface area contributed by atoms with Gasteiger partial charge in [0, 0.05) is 19.0 Å². The van der Waals surface area contributed by atoms with Gasteiger partial charge in [-0.05, 0) is 32.6 Å². The Morgan fingerprint density at radius 3 is 2.47 bits per heavy atom. The number of hydrogen-bond acceptors (Lipinski definition) is 4. The van der Waals surface area contributed by atoms with Crippen LogP contribution < -0.4 is 0 Å². The van der Waals surface area contributed by atoms with Crippen molar-refractivity contribution in [2.45, 2.75) is 32.6 Å². The summed E-state index contributed by atoms with van der Waals surface area (Å²) in [5, 5.41) is 0. The van der Waals surface area contributed by atoms with Crippen LogP contribution in [0.25, 0.3) is 0 Å². The van der Waals surface area contributed by atoms with Gasteiger partial charge in [0.25, 0.3) is 0 Å². The second-order valence-electron chi connectivity index (χ2n) is 4.64. The highest BCUT2D eigenvalue weighted by molar-refractivity contribution is 7.89. The molecule has 0 N–H and O–H groups in total. The Kier molecular flexibility index (Phi) is 7.10. The molecule has 1 rings (SSSR count). The van der Waals surface area contributed by atoms with Gasteiger partial charge in [-0.1, -0.05) is 0 Å². The molecule has 1 heterocycles. The van der Waals surface area contributed by atoms with E-state index in [0.29, 0.717) is 51.3 Å². The van der Waals surface area contributed by atoms with E-state index in [4.69, 9.17) is 16.3 Å². The third-order valence-corrected chi connectivity index (χ3v) is 5.48. The van der Waals surface area contributed by atoms with Crippen molar-refractivity contribution >= 4 is 27.6 Å². The van der Waals surface area contributed by atoms with Gasteiger partial charge in [0.15, 0.2) is 0 Å². The van der Waals surface area contributed by atoms with E-state index in [0.717, 1.165) is 0 Å². The van der Waals surface area contributed by atoms with Crippen LogP contribution in [0.15, 0.2) is 0 Å². The summed E-state index contributed by atoms with van der Waals surface area (Å²) >= 11 is 5.54. The van der Waals surface area contributed by atoms with E-state index in [9.17, 15) is 13.2 Å². The van der Waals surface area contributed by atoms with Crippen LogP contribution in [0, 0.1) is 5.92 Å². The Hall–Kier alpha value is -0.330. The lowest BCUT2D eigenvalue weighted by Crippen LogP contribution is -2.41. The van der Waals surface area contributed by atoms with Crippen LogP contribution in [0.3, 0.4) is 0 Å². The Morgan fingerprint density at radius 1 is 1.32 bits per heavy atom. The summed E-state index contributed by atoms with van der Waals surface area (Å²) in [5.41, 5.74) is 0. The second-order valence-corrected chi connectivity index (χ2v) is 7.10. The van der Waals surface area contributed by atoms with Gasteiger partial charge in [-0.25, -0.2) is 12.7 Å². The van der Waals surface area contributed by atoms with Gasteiger partial charge >= 0.3 is 5.97 Å². The fourth-order valence-corrected chi connectivity index (χ4v) is 3.92. The molecule has 1 aliphatic rings. The number of sulfonamides is 1. The summed E-state index contributed by atoms with van der Waals surface area (Å²) in [6, 6.07) is 0. The Morgan fingerprint density at radius 2 is 1.95 bits per heavy atom. The van der Waals surface area contributed by atoms with Gasteiger partial charge in [-0.15, -0.1) is 11.6 Å². The Bertz CT molecular complexity index is 377. The quantitative estimate of drug-likeness (QED) is 0.407. The summed E-state index contributed by atoms with van der Waals surface area (Å²) in [6.07, 6.45) is 2.39. The van der Waals surface area contributed by atoms with Crippen molar-refractivity contribution in [1.82, 2.24) is 4.31 Å². The summed E-state index contributed by atoms with van der Waals surface area (Å²) in [7, 11) is -3.19. The lowest BCUT2D eigenvalue weighted by Gasteiger charge is -2.30. The first kappa shape index (κ1) is 16.7. The molecule has 1 fully saturated rings. The largest absolute Gasteiger partial charge is 0.466 e. The predicted molar refractivity (Wildman–Crippen MR) is 74.7 cm³/mol. The Balaban J connectivity index is 2.42. The normalized spacial score (nSPS) is 18.4. The Labute approximate surface area is 120 Å². The summed E-state index contributed by atoms with van der Waals surface area (Å²) < 4.78 is 30.5. The molecule has 0 amide bonds. The highest BCUT2D eigenvalue weighted by Gasteiger charge is 2.31. The van der Waals surface area contributed by atoms with Crippen LogP contribution in [0.2, 0.25) is 0 Å². The van der Waals surface area contributed by atoms with E-state index >= 15 is 0 Å². The molecule has 0 unspecified atom stereocenters. The number of halogens is 1. The standard InChI is InChI=1S/C12H22ClNO4S/c1-2-18-12(15)11-5-8-14(9-6-11)19(16,17)10-4-3-7-13/h11H,2-10H2,1H3. The van der Waals surface area contributed by atoms with Crippen LogP contribution in [0.1, 0.15) is 32.6 Å². The molecule has 7 heteroatoms. The molecule has 0 aliphatic carbocycles. The van der Waals surface area contributed by atoms with Crippen molar-refractivity contribution in [3.63, 3.8) is 0 Å². The third-order valence-electron chi connectivity index (χ3n) is 3.25. The third kappa shape index (κ3) is 5.28. The van der Waals surface area contributed by atoms with Crippen LogP contribution >= 0.6 is 11.6 Å². The monoisotopic (exact) mass is 311 g/mol. The molecule has 0 aromatic rings. The maximum Gasteiger partial charge on any atom is 0.309 e. The molecule has 0 spiro atoms. The summed E-state index contributed by atoms with van der Waals surface area (Å²) in [5.74, 6) is 0.264. The molecule has 5 nitrogen and oxygen atoms in total. The van der Waals surface area contributed by atoms with Crippen molar-refractivity contribution in [2.24, 2.45) is 5.92 Å². The number of carbonyl (C=O) groups excluding carboxylic acids is 1. The first-order chi connectivity index (χ1) is 9.01. The minimum absolute atomic E-state index is 0.143. The number of rotatable bonds is 7. The molecule has 1 saturated heterocycles. The van der Waals surface area contributed by atoms with Gasteiger partial charge in [-0.2, -0.15) is 0 Å². The van der Waals surface area contributed by atoms with E-state index < -0.39 is 10.0 Å². The summed E-state index contributed by atoms with van der Waals surface area (Å²) in [4.78, 5) is 11.6. The molecule has 0 aromatic heterocycles. The molecular weight excluding hydrogens is 290 g/mol. The highest BCUT2D eigenvalue weighted by Crippen LogP contribution is 2.21. The van der Waals surface area contributed by atoms with Crippen molar-refractivity contribution in [3.05, 3.63) is 0 Å². The van der Waals surface area contributed by atoms with E-state index in [1.807, 2.05) is 0 Å². The zero-order valence-electron chi connectivity index (χ0n) is 11.3. The van der Waals surface area contributed by atoms with Crippen LogP contribution in [0.5, 0.6) is 0 Å². The average Bonchev–Trinajstić information content (AvgIpc) is 2.39. The maximum atomic E-state index is 12.0. The van der Waals surface area contributed by atoms with Gasteiger partial charge in [0.1, 0.15) is 0 Å². The molecule has 0 radical (unpaired) electrons. The van der Waals surface area contributed by atoms with Crippen LogP contribution in [-0.2, 0) is 19.6 Å². The van der Waals surface area contributed by atoms with E-state index in [1.54, 1.807) is 6.92 Å². The van der Waals surface area contributed by atoms with Crippen LogP contribution in [-0.4, -0.2) is 50.0 Å². The zero-order chi connectivity index (χ0) is 14.3. The van der Waals surface area contributed by atoms with Crippen molar-refractivity contribution in [1.29, 1.82) is 0 Å². The second kappa shape index (κ2) is 8.07. The first-order valence-corrected chi connectivity index (χ1v) is 8.86. The fourth-order valence-electron chi connectivity index (χ4n) is 2.14. The van der Waals surface area contributed by atoms with E-state index in [-0.39, 0.29) is 17.6 Å². The fraction of sp³-hybridized carbons (Fsp3) is 0.917. The summed E-state index contributed by atoms with van der Waals surface area (Å²) in [6.45, 7) is 2.96. The van der Waals surface area contributed by atoms with Gasteiger partial charge in [0.05, 0.1) is 18.3 Å². The minimum Gasteiger partial charge on any atom is -0.466 e. The van der Waals surface area contributed by atoms with Crippen molar-refractivity contribution < 1.29 is 17.9 Å². The van der Waals surface area contributed by atoms with Gasteiger partial charge < -0.3 is 4.74 Å². The number of carbonyl (C=O) groups is 1.